The van der Waals surface area contributed by atoms with Gasteiger partial charge in [-0.25, -0.2) is 0 Å². The Bertz CT molecular complexity index is 1210. The fourth-order valence-electron chi connectivity index (χ4n) is 4.18. The van der Waals surface area contributed by atoms with Gasteiger partial charge in [0.05, 0.1) is 13.2 Å². The molecule has 1 aliphatic heterocycles. The molecule has 1 aliphatic rings. The second-order valence-corrected chi connectivity index (χ2v) is 8.76. The zero-order chi connectivity index (χ0) is 26.8. The van der Waals surface area contributed by atoms with E-state index < -0.39 is 5.97 Å². The van der Waals surface area contributed by atoms with Crippen molar-refractivity contribution in [2.45, 2.75) is 39.2 Å². The second-order valence-electron chi connectivity index (χ2n) is 8.76. The number of benzene rings is 2. The maximum atomic E-state index is 13.3. The summed E-state index contributed by atoms with van der Waals surface area (Å²) in [5.41, 5.74) is 9.23. The number of nitrogens with two attached hydrogens (primary N) is 1. The number of amidine groups is 1. The molecule has 2 aromatic rings. The number of nitrogen functional groups attached to an aromatic ring is 1. The summed E-state index contributed by atoms with van der Waals surface area (Å²) in [5.74, 6) is 5.35. The number of ether oxygens (including phenoxy) is 1. The summed E-state index contributed by atoms with van der Waals surface area (Å²) >= 11 is 0. The summed E-state index contributed by atoms with van der Waals surface area (Å²) in [5, 5.41) is 13.2. The lowest BCUT2D eigenvalue weighted by molar-refractivity contribution is -0.143. The zero-order valence-electron chi connectivity index (χ0n) is 21.2. The van der Waals surface area contributed by atoms with Gasteiger partial charge in [0.15, 0.2) is 0 Å². The number of carbonyl (C=O) groups is 3. The van der Waals surface area contributed by atoms with Crippen LogP contribution >= 0.6 is 0 Å². The molecule has 1 fully saturated rings. The van der Waals surface area contributed by atoms with Gasteiger partial charge in [-0.1, -0.05) is 11.8 Å². The van der Waals surface area contributed by atoms with Gasteiger partial charge in [-0.3, -0.25) is 19.8 Å². The van der Waals surface area contributed by atoms with Crippen LogP contribution in [-0.2, 0) is 14.3 Å². The van der Waals surface area contributed by atoms with Crippen LogP contribution in [0.3, 0.4) is 0 Å². The Kier molecular flexibility index (Phi) is 9.67. The van der Waals surface area contributed by atoms with Crippen LogP contribution in [-0.4, -0.2) is 60.8 Å². The van der Waals surface area contributed by atoms with Gasteiger partial charge >= 0.3 is 5.97 Å². The second kappa shape index (κ2) is 13.1. The van der Waals surface area contributed by atoms with Crippen LogP contribution in [0.4, 0.5) is 5.69 Å². The van der Waals surface area contributed by atoms with Gasteiger partial charge < -0.3 is 26.0 Å². The fraction of sp³-hybridized carbons (Fsp3) is 0.357. The number of likely N-dealkylation sites (tertiary alicyclic amines) is 1. The van der Waals surface area contributed by atoms with Crippen molar-refractivity contribution in [2.24, 2.45) is 5.73 Å². The van der Waals surface area contributed by atoms with E-state index in [9.17, 15) is 14.4 Å². The van der Waals surface area contributed by atoms with Crippen molar-refractivity contribution in [3.05, 3.63) is 64.7 Å². The number of hydrogen-bond acceptors (Lipinski definition) is 6. The Balaban J connectivity index is 1.55. The normalized spacial score (nSPS) is 14.3. The monoisotopic (exact) mass is 503 g/mol. The topological polar surface area (TPSA) is 138 Å². The third-order valence-corrected chi connectivity index (χ3v) is 6.06. The third-order valence-electron chi connectivity index (χ3n) is 6.06. The minimum absolute atomic E-state index is 0.0282. The Hall–Kier alpha value is -4.32. The summed E-state index contributed by atoms with van der Waals surface area (Å²) in [6.45, 7) is 4.71. The van der Waals surface area contributed by atoms with Crippen LogP contribution < -0.4 is 16.4 Å². The minimum Gasteiger partial charge on any atom is -0.465 e. The molecule has 0 radical (unpaired) electrons. The molecular weight excluding hydrogens is 470 g/mol. The van der Waals surface area contributed by atoms with Gasteiger partial charge in [-0.2, -0.15) is 0 Å². The molecule has 194 valence electrons. The summed E-state index contributed by atoms with van der Waals surface area (Å²) in [4.78, 5) is 38.8. The highest BCUT2D eigenvalue weighted by atomic mass is 16.5. The number of carbonyl (C=O) groups excluding carboxylic acids is 3. The number of aryl methyl sites for hydroxylation is 1. The van der Waals surface area contributed by atoms with Gasteiger partial charge in [0.1, 0.15) is 12.4 Å². The highest BCUT2D eigenvalue weighted by Crippen LogP contribution is 2.24. The van der Waals surface area contributed by atoms with Crippen LogP contribution in [0.2, 0.25) is 0 Å². The Morgan fingerprint density at radius 3 is 2.62 bits per heavy atom. The summed E-state index contributed by atoms with van der Waals surface area (Å²) in [6, 6.07) is 12.5. The fourth-order valence-corrected chi connectivity index (χ4v) is 4.18. The molecule has 1 unspecified atom stereocenters. The molecular formula is C28H33N5O4. The maximum absolute atomic E-state index is 13.3. The van der Waals surface area contributed by atoms with E-state index in [1.165, 1.54) is 0 Å². The first kappa shape index (κ1) is 27.3. The Morgan fingerprint density at radius 1 is 1.19 bits per heavy atom. The van der Waals surface area contributed by atoms with E-state index in [1.54, 1.807) is 30.0 Å². The van der Waals surface area contributed by atoms with Crippen molar-refractivity contribution in [3.63, 3.8) is 0 Å². The molecule has 0 spiro atoms. The molecule has 0 aliphatic carbocycles. The molecule has 2 aromatic carbocycles. The molecule has 1 atom stereocenters. The number of nitrogens with one attached hydrogen (secondary N) is 3. The average Bonchev–Trinajstić information content (AvgIpc) is 3.33. The summed E-state index contributed by atoms with van der Waals surface area (Å²) in [6.07, 6.45) is 1.72. The number of anilines is 1. The third kappa shape index (κ3) is 7.84. The molecule has 37 heavy (non-hydrogen) atoms. The van der Waals surface area contributed by atoms with E-state index in [4.69, 9.17) is 15.9 Å². The molecule has 5 N–H and O–H groups in total. The molecule has 1 heterocycles. The lowest BCUT2D eigenvalue weighted by Crippen LogP contribution is -2.40. The standard InChI is InChI=1S/C28H33N5O4/c1-3-37-26(35)18-32-25(34)17-23-7-5-15-33(23)28(36)24-13-8-20(16-19(24)2)6-4-14-31-22-11-9-21(10-12-22)27(29)30/h8-13,16,23,31H,3,5,7,14-15,17-18H2,1-2H3,(H3,29,30)(H,32,34). The molecule has 1 saturated heterocycles. The molecule has 9 nitrogen and oxygen atoms in total. The zero-order valence-corrected chi connectivity index (χ0v) is 21.2. The molecule has 2 amide bonds. The van der Waals surface area contributed by atoms with Crippen molar-refractivity contribution in [1.82, 2.24) is 10.2 Å². The SMILES string of the molecule is CCOC(=O)CNC(=O)CC1CCCN1C(=O)c1ccc(C#CCNc2ccc(C(=N)N)cc2)cc1C. The first-order valence-corrected chi connectivity index (χ1v) is 12.3. The maximum Gasteiger partial charge on any atom is 0.325 e. The van der Waals surface area contributed by atoms with Crippen molar-refractivity contribution in [2.75, 3.05) is 31.6 Å². The van der Waals surface area contributed by atoms with E-state index in [-0.39, 0.29) is 43.3 Å². The summed E-state index contributed by atoms with van der Waals surface area (Å²) in [7, 11) is 0. The Morgan fingerprint density at radius 2 is 1.95 bits per heavy atom. The quantitative estimate of drug-likeness (QED) is 0.179. The minimum atomic E-state index is -0.479. The van der Waals surface area contributed by atoms with Crippen molar-refractivity contribution in [3.8, 4) is 11.8 Å². The number of hydrogen-bond donors (Lipinski definition) is 4. The van der Waals surface area contributed by atoms with Crippen molar-refractivity contribution in [1.29, 1.82) is 5.41 Å². The first-order valence-electron chi connectivity index (χ1n) is 12.3. The van der Waals surface area contributed by atoms with Gasteiger partial charge in [0.2, 0.25) is 5.91 Å². The van der Waals surface area contributed by atoms with Crippen LogP contribution in [0.1, 0.15) is 53.2 Å². The summed E-state index contributed by atoms with van der Waals surface area (Å²) < 4.78 is 4.82. The van der Waals surface area contributed by atoms with E-state index in [1.807, 2.05) is 31.2 Å². The van der Waals surface area contributed by atoms with Crippen LogP contribution in [0.25, 0.3) is 0 Å². The van der Waals surface area contributed by atoms with E-state index >= 15 is 0 Å². The number of rotatable bonds is 9. The van der Waals surface area contributed by atoms with Gasteiger partial charge in [-0.05, 0) is 74.7 Å². The van der Waals surface area contributed by atoms with Crippen LogP contribution in [0.15, 0.2) is 42.5 Å². The van der Waals surface area contributed by atoms with Crippen LogP contribution in [0, 0.1) is 24.2 Å². The van der Waals surface area contributed by atoms with Gasteiger partial charge in [0.25, 0.3) is 5.91 Å². The van der Waals surface area contributed by atoms with E-state index in [2.05, 4.69) is 22.5 Å². The molecule has 0 bridgehead atoms. The predicted molar refractivity (Wildman–Crippen MR) is 142 cm³/mol. The van der Waals surface area contributed by atoms with Crippen molar-refractivity contribution >= 4 is 29.3 Å². The lowest BCUT2D eigenvalue weighted by atomic mass is 10.0. The van der Waals surface area contributed by atoms with Gasteiger partial charge in [-0.15, -0.1) is 0 Å². The van der Waals surface area contributed by atoms with E-state index in [0.29, 0.717) is 24.2 Å². The lowest BCUT2D eigenvalue weighted by Gasteiger charge is -2.25. The molecule has 0 aromatic heterocycles. The molecule has 3 rings (SSSR count). The van der Waals surface area contributed by atoms with Crippen LogP contribution in [0.5, 0.6) is 0 Å². The number of nitrogens with zero attached hydrogens (tertiary/aromatic N) is 1. The van der Waals surface area contributed by atoms with E-state index in [0.717, 1.165) is 29.7 Å². The molecule has 9 heteroatoms. The van der Waals surface area contributed by atoms with Crippen molar-refractivity contribution < 1.29 is 19.1 Å². The van der Waals surface area contributed by atoms with Gasteiger partial charge in [0, 0.05) is 41.4 Å². The first-order chi connectivity index (χ1) is 17.8. The predicted octanol–water partition coefficient (Wildman–Crippen LogP) is 2.42. The smallest absolute Gasteiger partial charge is 0.325 e. The Labute approximate surface area is 217 Å². The average molecular weight is 504 g/mol. The molecule has 0 saturated carbocycles. The highest BCUT2D eigenvalue weighted by Gasteiger charge is 2.31. The number of esters is 1. The largest absolute Gasteiger partial charge is 0.465 e. The number of amides is 2. The highest BCUT2D eigenvalue weighted by molar-refractivity contribution is 5.96.